The molecule has 54 heavy (non-hydrogen) atoms. The quantitative estimate of drug-likeness (QED) is 0.0278. The Labute approximate surface area is 331 Å². The van der Waals surface area contributed by atoms with Gasteiger partial charge in [0.05, 0.1) is 25.4 Å². The summed E-state index contributed by atoms with van der Waals surface area (Å²) in [7, 11) is -4.35. The van der Waals surface area contributed by atoms with Gasteiger partial charge in [-0.1, -0.05) is 170 Å². The van der Waals surface area contributed by atoms with Gasteiger partial charge in [0.25, 0.3) is 0 Å². The SMILES string of the molecule is CC/C=C\C/C=C\C/C=C\C/C=C\CCCCCCCCCCCCC(=O)NC(COP(=O)(O)OCCN)C(O)/C=C/CC/C=C/CCCCCCCC. The van der Waals surface area contributed by atoms with E-state index < -0.39 is 20.0 Å². The van der Waals surface area contributed by atoms with Gasteiger partial charge in [-0.2, -0.15) is 0 Å². The molecule has 0 saturated heterocycles. The van der Waals surface area contributed by atoms with E-state index in [0.29, 0.717) is 6.42 Å². The third-order valence-corrected chi connectivity index (χ3v) is 10.0. The molecular weight excluding hydrogens is 695 g/mol. The maximum Gasteiger partial charge on any atom is 0.472 e. The average molecular weight is 777 g/mol. The molecule has 312 valence electrons. The summed E-state index contributed by atoms with van der Waals surface area (Å²) in [5.41, 5.74) is 5.36. The van der Waals surface area contributed by atoms with Crippen LogP contribution in [0.2, 0.25) is 0 Å². The number of rotatable bonds is 39. The molecule has 0 radical (unpaired) electrons. The summed E-state index contributed by atoms with van der Waals surface area (Å²) in [4.78, 5) is 22.7. The first-order valence-electron chi connectivity index (χ1n) is 21.6. The number of amides is 1. The second-order valence-corrected chi connectivity index (χ2v) is 15.6. The Kier molecular flexibility index (Phi) is 39.0. The zero-order valence-electron chi connectivity index (χ0n) is 34.4. The number of hydrogen-bond acceptors (Lipinski definition) is 6. The van der Waals surface area contributed by atoms with Gasteiger partial charge in [0.1, 0.15) is 0 Å². The number of aliphatic hydroxyl groups is 1. The van der Waals surface area contributed by atoms with Crippen molar-refractivity contribution < 1.29 is 28.4 Å². The number of phosphoric acid groups is 1. The Morgan fingerprint density at radius 2 is 1.09 bits per heavy atom. The molecule has 0 bridgehead atoms. The highest BCUT2D eigenvalue weighted by atomic mass is 31.2. The summed E-state index contributed by atoms with van der Waals surface area (Å²) >= 11 is 0. The molecule has 0 heterocycles. The molecule has 8 nitrogen and oxygen atoms in total. The maximum atomic E-state index is 12.7. The lowest BCUT2D eigenvalue weighted by Gasteiger charge is -2.23. The van der Waals surface area contributed by atoms with Crippen LogP contribution in [0.5, 0.6) is 0 Å². The van der Waals surface area contributed by atoms with Gasteiger partial charge in [-0.25, -0.2) is 4.57 Å². The molecule has 0 aromatic rings. The Morgan fingerprint density at radius 3 is 1.65 bits per heavy atom. The van der Waals surface area contributed by atoms with Crippen LogP contribution in [0, 0.1) is 0 Å². The molecule has 0 aromatic carbocycles. The fourth-order valence-electron chi connectivity index (χ4n) is 5.78. The normalized spacial score (nSPS) is 14.8. The van der Waals surface area contributed by atoms with Crippen LogP contribution >= 0.6 is 7.82 Å². The fourth-order valence-corrected chi connectivity index (χ4v) is 6.54. The maximum absolute atomic E-state index is 12.7. The molecule has 0 aliphatic heterocycles. The van der Waals surface area contributed by atoms with Crippen molar-refractivity contribution in [3.8, 4) is 0 Å². The van der Waals surface area contributed by atoms with Gasteiger partial charge >= 0.3 is 7.82 Å². The summed E-state index contributed by atoms with van der Waals surface area (Å²) in [6.07, 6.45) is 52.4. The van der Waals surface area contributed by atoms with E-state index in [1.165, 1.54) is 83.5 Å². The number of carbonyl (C=O) groups is 1. The first-order valence-corrected chi connectivity index (χ1v) is 23.1. The van der Waals surface area contributed by atoms with E-state index >= 15 is 0 Å². The number of aliphatic hydroxyl groups excluding tert-OH is 1. The van der Waals surface area contributed by atoms with Crippen LogP contribution in [0.3, 0.4) is 0 Å². The molecule has 0 fully saturated rings. The number of carbonyl (C=O) groups excluding carboxylic acids is 1. The Balaban J connectivity index is 4.18. The molecule has 0 saturated carbocycles. The number of nitrogens with two attached hydrogens (primary N) is 1. The van der Waals surface area contributed by atoms with Crippen molar-refractivity contribution >= 4 is 13.7 Å². The monoisotopic (exact) mass is 777 g/mol. The first-order chi connectivity index (χ1) is 26.4. The standard InChI is InChI=1S/C45H81N2O6P/c1-3-5-7-9-11-13-15-17-18-19-20-21-22-23-24-25-26-27-29-31-33-35-37-39-45(49)47-43(42-53-54(50,51)52-41-40-46)44(48)38-36-34-32-30-28-16-14-12-10-8-6-4-2/h5,7,11,13,17-18,20-21,28,30,36,38,43-44,48H,3-4,6,8-10,12,14-16,19,22-27,29,31-35,37,39-42,46H2,1-2H3,(H,47,49)(H,50,51)/b7-5-,13-11-,18-17-,21-20-,30-28+,38-36+. The molecular formula is C45H81N2O6P. The molecule has 0 spiro atoms. The van der Waals surface area contributed by atoms with Crippen LogP contribution in [0.4, 0.5) is 0 Å². The van der Waals surface area contributed by atoms with Crippen LogP contribution < -0.4 is 11.1 Å². The molecule has 3 atom stereocenters. The Morgan fingerprint density at radius 1 is 0.630 bits per heavy atom. The molecule has 0 rings (SSSR count). The number of phosphoric ester groups is 1. The van der Waals surface area contributed by atoms with Crippen molar-refractivity contribution in [2.75, 3.05) is 19.8 Å². The Hall–Kier alpha value is -2.06. The van der Waals surface area contributed by atoms with E-state index in [4.69, 9.17) is 14.8 Å². The highest BCUT2D eigenvalue weighted by Crippen LogP contribution is 2.43. The topological polar surface area (TPSA) is 131 Å². The average Bonchev–Trinajstić information content (AvgIpc) is 3.16. The van der Waals surface area contributed by atoms with E-state index in [-0.39, 0.29) is 25.7 Å². The second kappa shape index (κ2) is 40.6. The zero-order valence-corrected chi connectivity index (χ0v) is 35.3. The van der Waals surface area contributed by atoms with Gasteiger partial charge in [0, 0.05) is 13.0 Å². The summed E-state index contributed by atoms with van der Waals surface area (Å²) in [6, 6.07) is -0.882. The smallest absolute Gasteiger partial charge is 0.387 e. The van der Waals surface area contributed by atoms with Crippen LogP contribution in [0.25, 0.3) is 0 Å². The van der Waals surface area contributed by atoms with Crippen molar-refractivity contribution in [2.45, 2.75) is 187 Å². The van der Waals surface area contributed by atoms with Gasteiger partial charge in [-0.3, -0.25) is 13.8 Å². The number of allylic oxidation sites excluding steroid dienone is 11. The highest BCUT2D eigenvalue weighted by Gasteiger charge is 2.26. The highest BCUT2D eigenvalue weighted by molar-refractivity contribution is 7.47. The van der Waals surface area contributed by atoms with Crippen molar-refractivity contribution in [3.63, 3.8) is 0 Å². The van der Waals surface area contributed by atoms with Crippen molar-refractivity contribution in [1.82, 2.24) is 5.32 Å². The van der Waals surface area contributed by atoms with Gasteiger partial charge in [-0.15, -0.1) is 0 Å². The lowest BCUT2D eigenvalue weighted by Crippen LogP contribution is -2.45. The summed E-state index contributed by atoms with van der Waals surface area (Å²) in [6.45, 7) is 3.96. The summed E-state index contributed by atoms with van der Waals surface area (Å²) < 4.78 is 22.1. The summed E-state index contributed by atoms with van der Waals surface area (Å²) in [5, 5.41) is 13.6. The summed E-state index contributed by atoms with van der Waals surface area (Å²) in [5.74, 6) is -0.213. The minimum absolute atomic E-state index is 0.0700. The van der Waals surface area contributed by atoms with Crippen LogP contribution in [-0.4, -0.2) is 47.8 Å². The van der Waals surface area contributed by atoms with E-state index in [9.17, 15) is 19.4 Å². The lowest BCUT2D eigenvalue weighted by molar-refractivity contribution is -0.123. The van der Waals surface area contributed by atoms with Crippen molar-refractivity contribution in [1.29, 1.82) is 0 Å². The molecule has 0 aliphatic carbocycles. The van der Waals surface area contributed by atoms with Crippen LogP contribution in [0.1, 0.15) is 174 Å². The predicted octanol–water partition coefficient (Wildman–Crippen LogP) is 12.1. The van der Waals surface area contributed by atoms with Crippen molar-refractivity contribution in [3.05, 3.63) is 72.9 Å². The molecule has 1 amide bonds. The second-order valence-electron chi connectivity index (χ2n) is 14.2. The van der Waals surface area contributed by atoms with Crippen molar-refractivity contribution in [2.24, 2.45) is 5.73 Å². The van der Waals surface area contributed by atoms with Gasteiger partial charge in [0.2, 0.25) is 5.91 Å². The molecule has 0 aliphatic rings. The number of nitrogens with one attached hydrogen (secondary N) is 1. The fraction of sp³-hybridized carbons (Fsp3) is 0.711. The molecule has 5 N–H and O–H groups in total. The number of hydrogen-bond donors (Lipinski definition) is 4. The first kappa shape index (κ1) is 51.9. The zero-order chi connectivity index (χ0) is 39.6. The largest absolute Gasteiger partial charge is 0.472 e. The minimum atomic E-state index is -4.35. The number of unbranched alkanes of at least 4 members (excludes halogenated alkanes) is 17. The van der Waals surface area contributed by atoms with E-state index in [1.807, 2.05) is 6.08 Å². The van der Waals surface area contributed by atoms with E-state index in [1.54, 1.807) is 6.08 Å². The van der Waals surface area contributed by atoms with Crippen LogP contribution in [0.15, 0.2) is 72.9 Å². The van der Waals surface area contributed by atoms with E-state index in [0.717, 1.165) is 70.6 Å². The molecule has 9 heteroatoms. The molecule has 0 aromatic heterocycles. The van der Waals surface area contributed by atoms with Gasteiger partial charge in [-0.05, 0) is 70.6 Å². The minimum Gasteiger partial charge on any atom is -0.387 e. The third-order valence-electron chi connectivity index (χ3n) is 9.02. The predicted molar refractivity (Wildman–Crippen MR) is 230 cm³/mol. The molecule has 3 unspecified atom stereocenters. The third kappa shape index (κ3) is 38.2. The van der Waals surface area contributed by atoms with Gasteiger partial charge < -0.3 is 21.1 Å². The van der Waals surface area contributed by atoms with E-state index in [2.05, 4.69) is 79.9 Å². The Bertz CT molecular complexity index is 1070. The van der Waals surface area contributed by atoms with Crippen LogP contribution in [-0.2, 0) is 18.4 Å². The van der Waals surface area contributed by atoms with Gasteiger partial charge in [0.15, 0.2) is 0 Å². The lowest BCUT2D eigenvalue weighted by atomic mass is 10.0.